The Hall–Kier alpha value is -3.42. The highest BCUT2D eigenvalue weighted by Crippen LogP contribution is 2.28. The fourth-order valence-corrected chi connectivity index (χ4v) is 4.09. The van der Waals surface area contributed by atoms with Gasteiger partial charge in [-0.3, -0.25) is 10.1 Å². The van der Waals surface area contributed by atoms with Gasteiger partial charge in [-0.1, -0.05) is 36.4 Å². The van der Waals surface area contributed by atoms with E-state index in [-0.39, 0.29) is 0 Å². The Balaban J connectivity index is 1.28. The third-order valence-electron chi connectivity index (χ3n) is 5.94. The van der Waals surface area contributed by atoms with E-state index in [2.05, 4.69) is 74.3 Å². The standard InChI is InChI=1S/C25H28N6O/c1-2-4-19(5-3-1)16-28-22-14-21(17-26-18-22)20-6-7-24-23(15-20)25(30-29-24)27-8-9-31-10-12-32-13-11-31/h1-7,14-15,17-18,28H,8-13,16H2,(H2,27,29,30)/p+1. The SMILES string of the molecule is c1ccc(CNc2cncc(-c3ccc4[nH]nc(NCC[NH+]5CCOCC5)c4c3)c2)cc1. The van der Waals surface area contributed by atoms with Gasteiger partial charge < -0.3 is 20.3 Å². The zero-order chi connectivity index (χ0) is 21.6. The van der Waals surface area contributed by atoms with E-state index in [0.717, 1.165) is 79.5 Å². The number of benzene rings is 2. The summed E-state index contributed by atoms with van der Waals surface area (Å²) in [5, 5.41) is 15.7. The highest BCUT2D eigenvalue weighted by Gasteiger charge is 2.14. The van der Waals surface area contributed by atoms with Crippen molar-refractivity contribution < 1.29 is 9.64 Å². The number of anilines is 2. The van der Waals surface area contributed by atoms with Gasteiger partial charge in [-0.2, -0.15) is 5.10 Å². The molecule has 1 saturated heterocycles. The monoisotopic (exact) mass is 429 g/mol. The van der Waals surface area contributed by atoms with E-state index in [1.54, 1.807) is 4.90 Å². The number of quaternary nitrogens is 1. The second-order valence-electron chi connectivity index (χ2n) is 8.17. The molecule has 32 heavy (non-hydrogen) atoms. The molecule has 0 aliphatic carbocycles. The summed E-state index contributed by atoms with van der Waals surface area (Å²) in [4.78, 5) is 6.03. The number of aromatic amines is 1. The molecule has 0 radical (unpaired) electrons. The summed E-state index contributed by atoms with van der Waals surface area (Å²) < 4.78 is 5.44. The lowest BCUT2D eigenvalue weighted by Crippen LogP contribution is -3.14. The first-order valence-corrected chi connectivity index (χ1v) is 11.2. The Morgan fingerprint density at radius 3 is 2.69 bits per heavy atom. The van der Waals surface area contributed by atoms with Crippen LogP contribution in [0.25, 0.3) is 22.0 Å². The van der Waals surface area contributed by atoms with E-state index in [0.29, 0.717) is 0 Å². The van der Waals surface area contributed by atoms with E-state index >= 15 is 0 Å². The largest absolute Gasteiger partial charge is 0.380 e. The molecule has 1 aliphatic heterocycles. The lowest BCUT2D eigenvalue weighted by molar-refractivity contribution is -0.906. The average Bonchev–Trinajstić information content (AvgIpc) is 3.26. The van der Waals surface area contributed by atoms with Crippen molar-refractivity contribution in [2.24, 2.45) is 0 Å². The fourth-order valence-electron chi connectivity index (χ4n) is 4.09. The van der Waals surface area contributed by atoms with Crippen LogP contribution >= 0.6 is 0 Å². The average molecular weight is 430 g/mol. The Morgan fingerprint density at radius 2 is 1.81 bits per heavy atom. The molecule has 7 nitrogen and oxygen atoms in total. The first kappa shape index (κ1) is 20.5. The van der Waals surface area contributed by atoms with Crippen LogP contribution in [-0.2, 0) is 11.3 Å². The van der Waals surface area contributed by atoms with Crippen molar-refractivity contribution in [3.63, 3.8) is 0 Å². The first-order chi connectivity index (χ1) is 15.8. The van der Waals surface area contributed by atoms with E-state index in [1.807, 2.05) is 18.5 Å². The summed E-state index contributed by atoms with van der Waals surface area (Å²) >= 11 is 0. The minimum atomic E-state index is 0.770. The number of fused-ring (bicyclic) bond motifs is 1. The maximum atomic E-state index is 5.44. The molecule has 0 unspecified atom stereocenters. The number of morpholine rings is 1. The fraction of sp³-hybridized carbons (Fsp3) is 0.280. The number of rotatable bonds is 8. The molecule has 164 valence electrons. The molecule has 5 rings (SSSR count). The molecule has 0 atom stereocenters. The van der Waals surface area contributed by atoms with Crippen LogP contribution in [0.3, 0.4) is 0 Å². The zero-order valence-corrected chi connectivity index (χ0v) is 18.1. The van der Waals surface area contributed by atoms with Crippen molar-refractivity contribution in [3.05, 3.63) is 72.6 Å². The number of aromatic nitrogens is 3. The molecule has 4 aromatic rings. The van der Waals surface area contributed by atoms with Crippen molar-refractivity contribution in [2.75, 3.05) is 50.0 Å². The number of pyridine rings is 1. The maximum absolute atomic E-state index is 5.44. The van der Waals surface area contributed by atoms with Crippen LogP contribution in [0, 0.1) is 0 Å². The van der Waals surface area contributed by atoms with Crippen LogP contribution < -0.4 is 15.5 Å². The van der Waals surface area contributed by atoms with Crippen LogP contribution in [0.1, 0.15) is 5.56 Å². The molecule has 0 bridgehead atoms. The van der Waals surface area contributed by atoms with Gasteiger partial charge in [-0.15, -0.1) is 0 Å². The number of hydrogen-bond donors (Lipinski definition) is 4. The summed E-state index contributed by atoms with van der Waals surface area (Å²) in [6.45, 7) is 6.60. The summed E-state index contributed by atoms with van der Waals surface area (Å²) in [6.07, 6.45) is 3.77. The molecule has 2 aromatic heterocycles. The normalized spacial score (nSPS) is 14.5. The second kappa shape index (κ2) is 9.80. The molecule has 3 heterocycles. The van der Waals surface area contributed by atoms with Crippen molar-refractivity contribution in [2.45, 2.75) is 6.54 Å². The molecule has 1 fully saturated rings. The smallest absolute Gasteiger partial charge is 0.155 e. The summed E-state index contributed by atoms with van der Waals surface area (Å²) in [5.41, 5.74) is 5.48. The van der Waals surface area contributed by atoms with Crippen LogP contribution in [0.15, 0.2) is 67.0 Å². The predicted octanol–water partition coefficient (Wildman–Crippen LogP) is 2.56. The predicted molar refractivity (Wildman–Crippen MR) is 128 cm³/mol. The van der Waals surface area contributed by atoms with Crippen molar-refractivity contribution >= 4 is 22.4 Å². The van der Waals surface area contributed by atoms with E-state index in [1.165, 1.54) is 5.56 Å². The quantitative estimate of drug-likeness (QED) is 0.346. The summed E-state index contributed by atoms with van der Waals surface area (Å²) in [5.74, 6) is 0.904. The molecule has 2 aromatic carbocycles. The van der Waals surface area contributed by atoms with Gasteiger partial charge in [0.15, 0.2) is 5.82 Å². The van der Waals surface area contributed by atoms with Crippen LogP contribution in [0.5, 0.6) is 0 Å². The minimum absolute atomic E-state index is 0.770. The lowest BCUT2D eigenvalue weighted by Gasteiger charge is -2.23. The van der Waals surface area contributed by atoms with Gasteiger partial charge >= 0.3 is 0 Å². The Labute approximate surface area is 187 Å². The van der Waals surface area contributed by atoms with Crippen LogP contribution in [0.4, 0.5) is 11.5 Å². The molecule has 1 aliphatic rings. The minimum Gasteiger partial charge on any atom is -0.380 e. The topological polar surface area (TPSA) is 79.3 Å². The van der Waals surface area contributed by atoms with Crippen molar-refractivity contribution in [3.8, 4) is 11.1 Å². The van der Waals surface area contributed by atoms with Gasteiger partial charge in [0.05, 0.1) is 37.5 Å². The Morgan fingerprint density at radius 1 is 0.938 bits per heavy atom. The van der Waals surface area contributed by atoms with E-state index in [4.69, 9.17) is 4.74 Å². The van der Waals surface area contributed by atoms with Gasteiger partial charge in [-0.05, 0) is 29.3 Å². The van der Waals surface area contributed by atoms with Gasteiger partial charge in [0, 0.05) is 29.9 Å². The number of nitrogens with zero attached hydrogens (tertiary/aromatic N) is 2. The molecule has 7 heteroatoms. The molecular formula is C25H29N6O+. The molecular weight excluding hydrogens is 400 g/mol. The number of H-pyrrole nitrogens is 1. The van der Waals surface area contributed by atoms with Crippen LogP contribution in [0.2, 0.25) is 0 Å². The molecule has 0 saturated carbocycles. The molecule has 0 amide bonds. The highest BCUT2D eigenvalue weighted by atomic mass is 16.5. The number of nitrogens with one attached hydrogen (secondary N) is 4. The van der Waals surface area contributed by atoms with E-state index < -0.39 is 0 Å². The third-order valence-corrected chi connectivity index (χ3v) is 5.94. The third kappa shape index (κ3) is 4.90. The van der Waals surface area contributed by atoms with Crippen molar-refractivity contribution in [1.29, 1.82) is 0 Å². The Kier molecular flexibility index (Phi) is 6.28. The maximum Gasteiger partial charge on any atom is 0.155 e. The molecule has 0 spiro atoms. The first-order valence-electron chi connectivity index (χ1n) is 11.2. The van der Waals surface area contributed by atoms with Gasteiger partial charge in [0.1, 0.15) is 13.1 Å². The Bertz CT molecular complexity index is 1150. The number of hydrogen-bond acceptors (Lipinski definition) is 5. The van der Waals surface area contributed by atoms with Gasteiger partial charge in [0.25, 0.3) is 0 Å². The van der Waals surface area contributed by atoms with Crippen LogP contribution in [-0.4, -0.2) is 54.6 Å². The van der Waals surface area contributed by atoms with Gasteiger partial charge in [0.2, 0.25) is 0 Å². The summed E-state index contributed by atoms with van der Waals surface area (Å²) in [6, 6.07) is 18.9. The lowest BCUT2D eigenvalue weighted by atomic mass is 10.1. The van der Waals surface area contributed by atoms with E-state index in [9.17, 15) is 0 Å². The molecule has 4 N–H and O–H groups in total. The van der Waals surface area contributed by atoms with Gasteiger partial charge in [-0.25, -0.2) is 0 Å². The summed E-state index contributed by atoms with van der Waals surface area (Å²) in [7, 11) is 0. The zero-order valence-electron chi connectivity index (χ0n) is 18.1. The van der Waals surface area contributed by atoms with Crippen molar-refractivity contribution in [1.82, 2.24) is 15.2 Å². The number of ether oxygens (including phenoxy) is 1. The highest BCUT2D eigenvalue weighted by molar-refractivity contribution is 5.93. The second-order valence-corrected chi connectivity index (χ2v) is 8.17.